The number of rotatable bonds is 9. The van der Waals surface area contributed by atoms with Crippen molar-refractivity contribution < 1.29 is 27.9 Å². The highest BCUT2D eigenvalue weighted by molar-refractivity contribution is 5.96. The number of hydrogen-bond donors (Lipinski definition) is 2. The molecular weight excluding hydrogens is 394 g/mol. The van der Waals surface area contributed by atoms with Gasteiger partial charge in [-0.25, -0.2) is 8.78 Å². The molecule has 0 aliphatic carbocycles. The fraction of sp³-hybridized carbons (Fsp3) is 0.318. The van der Waals surface area contributed by atoms with E-state index in [1.165, 1.54) is 0 Å². The predicted molar refractivity (Wildman–Crippen MR) is 106 cm³/mol. The maximum absolute atomic E-state index is 13.6. The Labute approximate surface area is 173 Å². The smallest absolute Gasteiger partial charge is 0.325 e. The van der Waals surface area contributed by atoms with Crippen LogP contribution in [0.2, 0.25) is 0 Å². The van der Waals surface area contributed by atoms with E-state index in [1.807, 2.05) is 44.2 Å². The standard InChI is InChI=1S/C22H24F2N2O4/c1-14(2)10-19(15-6-4-3-5-7-15)26-20(27)13-30-21(28)12-25-22(29)17-9-8-16(23)11-18(17)24/h3-9,11,14,19H,10,12-13H2,1-2H3,(H,25,29)(H,26,27). The van der Waals surface area contributed by atoms with Crippen LogP contribution in [-0.2, 0) is 14.3 Å². The molecule has 0 radical (unpaired) electrons. The second-order valence-electron chi connectivity index (χ2n) is 7.13. The Morgan fingerprint density at radius 1 is 1.03 bits per heavy atom. The van der Waals surface area contributed by atoms with E-state index in [9.17, 15) is 23.2 Å². The average molecular weight is 418 g/mol. The van der Waals surface area contributed by atoms with Gasteiger partial charge in [-0.3, -0.25) is 14.4 Å². The molecule has 0 saturated carbocycles. The molecular formula is C22H24F2N2O4. The number of nitrogens with one attached hydrogen (secondary N) is 2. The normalized spacial score (nSPS) is 11.6. The van der Waals surface area contributed by atoms with Gasteiger partial charge in [-0.05, 0) is 30.0 Å². The average Bonchev–Trinajstić information content (AvgIpc) is 2.70. The summed E-state index contributed by atoms with van der Waals surface area (Å²) < 4.78 is 31.3. The maximum Gasteiger partial charge on any atom is 0.325 e. The molecule has 0 heterocycles. The summed E-state index contributed by atoms with van der Waals surface area (Å²) in [6.07, 6.45) is 0.711. The second kappa shape index (κ2) is 11.0. The van der Waals surface area contributed by atoms with E-state index in [2.05, 4.69) is 10.6 Å². The van der Waals surface area contributed by atoms with Crippen molar-refractivity contribution in [2.75, 3.05) is 13.2 Å². The Morgan fingerprint density at radius 3 is 2.37 bits per heavy atom. The zero-order valence-corrected chi connectivity index (χ0v) is 16.8. The van der Waals surface area contributed by atoms with E-state index in [0.29, 0.717) is 18.4 Å². The van der Waals surface area contributed by atoms with E-state index in [0.717, 1.165) is 17.7 Å². The number of hydrogen-bond acceptors (Lipinski definition) is 4. The summed E-state index contributed by atoms with van der Waals surface area (Å²) in [6, 6.07) is 11.7. The number of ether oxygens (including phenoxy) is 1. The fourth-order valence-corrected chi connectivity index (χ4v) is 2.79. The van der Waals surface area contributed by atoms with Gasteiger partial charge in [-0.15, -0.1) is 0 Å². The van der Waals surface area contributed by atoms with Gasteiger partial charge in [-0.2, -0.15) is 0 Å². The molecule has 8 heteroatoms. The SMILES string of the molecule is CC(C)CC(NC(=O)COC(=O)CNC(=O)c1ccc(F)cc1F)c1ccccc1. The van der Waals surface area contributed by atoms with Crippen molar-refractivity contribution in [2.24, 2.45) is 5.92 Å². The molecule has 2 amide bonds. The Bertz CT molecular complexity index is 888. The number of halogens is 2. The van der Waals surface area contributed by atoms with Crippen molar-refractivity contribution in [1.82, 2.24) is 10.6 Å². The van der Waals surface area contributed by atoms with Gasteiger partial charge >= 0.3 is 5.97 Å². The van der Waals surface area contributed by atoms with Gasteiger partial charge < -0.3 is 15.4 Å². The van der Waals surface area contributed by atoms with Gasteiger partial charge in [0.25, 0.3) is 11.8 Å². The Balaban J connectivity index is 1.81. The first-order valence-corrected chi connectivity index (χ1v) is 9.49. The molecule has 1 unspecified atom stereocenters. The molecule has 2 aromatic carbocycles. The number of carbonyl (C=O) groups is 3. The zero-order chi connectivity index (χ0) is 22.1. The first-order chi connectivity index (χ1) is 14.3. The predicted octanol–water partition coefficient (Wildman–Crippen LogP) is 3.14. The molecule has 0 aromatic heterocycles. The van der Waals surface area contributed by atoms with E-state index in [1.54, 1.807) is 0 Å². The van der Waals surface area contributed by atoms with Crippen LogP contribution >= 0.6 is 0 Å². The summed E-state index contributed by atoms with van der Waals surface area (Å²) in [7, 11) is 0. The summed E-state index contributed by atoms with van der Waals surface area (Å²) in [5.74, 6) is -3.76. The van der Waals surface area contributed by atoms with Crippen LogP contribution in [0.1, 0.15) is 42.2 Å². The number of carbonyl (C=O) groups excluding carboxylic acids is 3. The lowest BCUT2D eigenvalue weighted by Gasteiger charge is -2.21. The number of esters is 1. The minimum atomic E-state index is -1.04. The van der Waals surface area contributed by atoms with Crippen molar-refractivity contribution in [2.45, 2.75) is 26.3 Å². The van der Waals surface area contributed by atoms with Crippen LogP contribution in [0.3, 0.4) is 0 Å². The molecule has 6 nitrogen and oxygen atoms in total. The quantitative estimate of drug-likeness (QED) is 0.613. The Morgan fingerprint density at radius 2 is 1.73 bits per heavy atom. The number of benzene rings is 2. The van der Waals surface area contributed by atoms with Gasteiger partial charge in [0.05, 0.1) is 11.6 Å². The van der Waals surface area contributed by atoms with Crippen LogP contribution in [0.5, 0.6) is 0 Å². The monoisotopic (exact) mass is 418 g/mol. The molecule has 0 aliphatic heterocycles. The minimum Gasteiger partial charge on any atom is -0.454 e. The summed E-state index contributed by atoms with van der Waals surface area (Å²) in [5, 5.41) is 5.00. The number of amides is 2. The third-order valence-corrected chi connectivity index (χ3v) is 4.18. The van der Waals surface area contributed by atoms with Crippen molar-refractivity contribution in [3.05, 3.63) is 71.3 Å². The molecule has 2 aromatic rings. The largest absolute Gasteiger partial charge is 0.454 e. The van der Waals surface area contributed by atoms with Crippen LogP contribution < -0.4 is 10.6 Å². The third-order valence-electron chi connectivity index (χ3n) is 4.18. The molecule has 2 N–H and O–H groups in total. The highest BCUT2D eigenvalue weighted by Gasteiger charge is 2.18. The first-order valence-electron chi connectivity index (χ1n) is 9.49. The molecule has 160 valence electrons. The van der Waals surface area contributed by atoms with Crippen LogP contribution in [0.25, 0.3) is 0 Å². The van der Waals surface area contributed by atoms with Crippen LogP contribution in [0.15, 0.2) is 48.5 Å². The van der Waals surface area contributed by atoms with E-state index in [-0.39, 0.29) is 6.04 Å². The zero-order valence-electron chi connectivity index (χ0n) is 16.8. The highest BCUT2D eigenvalue weighted by Crippen LogP contribution is 2.20. The van der Waals surface area contributed by atoms with Gasteiger partial charge in [0.1, 0.15) is 18.2 Å². The van der Waals surface area contributed by atoms with Gasteiger partial charge in [0.15, 0.2) is 6.61 Å². The van der Waals surface area contributed by atoms with Gasteiger partial charge in [0, 0.05) is 6.07 Å². The van der Waals surface area contributed by atoms with Gasteiger partial charge in [-0.1, -0.05) is 44.2 Å². The Kier molecular flexibility index (Phi) is 8.46. The molecule has 0 bridgehead atoms. The highest BCUT2D eigenvalue weighted by atomic mass is 19.1. The molecule has 0 spiro atoms. The summed E-state index contributed by atoms with van der Waals surface area (Å²) >= 11 is 0. The lowest BCUT2D eigenvalue weighted by molar-refractivity contribution is -0.147. The Hall–Kier alpha value is -3.29. The minimum absolute atomic E-state index is 0.224. The van der Waals surface area contributed by atoms with Crippen molar-refractivity contribution in [3.8, 4) is 0 Å². The topological polar surface area (TPSA) is 84.5 Å². The second-order valence-corrected chi connectivity index (χ2v) is 7.13. The van der Waals surface area contributed by atoms with Crippen LogP contribution in [0.4, 0.5) is 8.78 Å². The lowest BCUT2D eigenvalue weighted by Crippen LogP contribution is -2.36. The van der Waals surface area contributed by atoms with E-state index < -0.39 is 48.1 Å². The van der Waals surface area contributed by atoms with E-state index >= 15 is 0 Å². The molecule has 0 saturated heterocycles. The van der Waals surface area contributed by atoms with E-state index in [4.69, 9.17) is 4.74 Å². The molecule has 0 aliphatic rings. The fourth-order valence-electron chi connectivity index (χ4n) is 2.79. The first kappa shape index (κ1) is 23.0. The van der Waals surface area contributed by atoms with Crippen molar-refractivity contribution >= 4 is 17.8 Å². The maximum atomic E-state index is 13.6. The summed E-state index contributed by atoms with van der Waals surface area (Å²) in [5.41, 5.74) is 0.542. The van der Waals surface area contributed by atoms with Crippen molar-refractivity contribution in [1.29, 1.82) is 0 Å². The molecule has 1 atom stereocenters. The molecule has 30 heavy (non-hydrogen) atoms. The summed E-state index contributed by atoms with van der Waals surface area (Å²) in [4.78, 5) is 35.8. The van der Waals surface area contributed by atoms with Crippen LogP contribution in [0, 0.1) is 17.6 Å². The third kappa shape index (κ3) is 7.27. The molecule has 2 rings (SSSR count). The van der Waals surface area contributed by atoms with Crippen LogP contribution in [-0.4, -0.2) is 30.9 Å². The molecule has 0 fully saturated rings. The van der Waals surface area contributed by atoms with Crippen molar-refractivity contribution in [3.63, 3.8) is 0 Å². The lowest BCUT2D eigenvalue weighted by atomic mass is 9.97. The summed E-state index contributed by atoms with van der Waals surface area (Å²) in [6.45, 7) is 3.00. The van der Waals surface area contributed by atoms with Gasteiger partial charge in [0.2, 0.25) is 0 Å².